The van der Waals surface area contributed by atoms with E-state index in [0.717, 1.165) is 63.2 Å². The van der Waals surface area contributed by atoms with Gasteiger partial charge in [-0.1, -0.05) is 18.1 Å². The largest absolute Gasteiger partial charge is 0.376 e. The molecule has 162 valence electrons. The number of likely N-dealkylation sites (tertiary alicyclic amines) is 2. The number of hydrogen-bond acceptors (Lipinski definition) is 6. The molecule has 0 saturated carbocycles. The average molecular weight is 413 g/mol. The minimum Gasteiger partial charge on any atom is -0.376 e. The van der Waals surface area contributed by atoms with Gasteiger partial charge in [0, 0.05) is 38.5 Å². The van der Waals surface area contributed by atoms with Crippen LogP contribution in [0.25, 0.3) is 0 Å². The van der Waals surface area contributed by atoms with Crippen molar-refractivity contribution in [2.24, 2.45) is 5.92 Å². The molecule has 1 unspecified atom stereocenters. The third-order valence-corrected chi connectivity index (χ3v) is 6.58. The van der Waals surface area contributed by atoms with E-state index in [9.17, 15) is 4.79 Å². The zero-order valence-electron chi connectivity index (χ0n) is 18.3. The number of ether oxygens (including phenoxy) is 1. The lowest BCUT2D eigenvalue weighted by molar-refractivity contribution is -0.0768. The maximum absolute atomic E-state index is 13.1. The Labute approximate surface area is 178 Å². The Hall–Kier alpha value is -2.25. The summed E-state index contributed by atoms with van der Waals surface area (Å²) in [4.78, 5) is 21.6. The first-order valence-electron chi connectivity index (χ1n) is 10.9. The van der Waals surface area contributed by atoms with Crippen molar-refractivity contribution in [3.8, 4) is 0 Å². The number of aryl methyl sites for hydroxylation is 2. The summed E-state index contributed by atoms with van der Waals surface area (Å²) in [5.74, 6) is 1.30. The van der Waals surface area contributed by atoms with Gasteiger partial charge < -0.3 is 14.2 Å². The van der Waals surface area contributed by atoms with Crippen molar-refractivity contribution in [2.75, 3.05) is 33.3 Å². The number of aromatic nitrogens is 2. The Kier molecular flexibility index (Phi) is 6.20. The van der Waals surface area contributed by atoms with Gasteiger partial charge in [-0.2, -0.15) is 0 Å². The van der Waals surface area contributed by atoms with Gasteiger partial charge in [-0.3, -0.25) is 14.7 Å². The summed E-state index contributed by atoms with van der Waals surface area (Å²) in [5.41, 5.74) is 2.53. The summed E-state index contributed by atoms with van der Waals surface area (Å²) in [6, 6.07) is 3.98. The average Bonchev–Trinajstić information content (AvgIpc) is 3.08. The zero-order valence-corrected chi connectivity index (χ0v) is 18.3. The lowest BCUT2D eigenvalue weighted by atomic mass is 9.75. The number of hydrogen-bond donors (Lipinski definition) is 0. The summed E-state index contributed by atoms with van der Waals surface area (Å²) in [6.07, 6.45) is 7.50. The van der Waals surface area contributed by atoms with E-state index in [4.69, 9.17) is 9.26 Å². The summed E-state index contributed by atoms with van der Waals surface area (Å²) in [7, 11) is 2.18. The Balaban J connectivity index is 1.33. The van der Waals surface area contributed by atoms with Gasteiger partial charge in [-0.15, -0.1) is 0 Å². The van der Waals surface area contributed by atoms with E-state index in [1.165, 1.54) is 0 Å². The highest BCUT2D eigenvalue weighted by atomic mass is 16.5. The molecule has 7 nitrogen and oxygen atoms in total. The van der Waals surface area contributed by atoms with Gasteiger partial charge in [0.1, 0.15) is 11.3 Å². The van der Waals surface area contributed by atoms with Gasteiger partial charge in [0.15, 0.2) is 0 Å². The van der Waals surface area contributed by atoms with Gasteiger partial charge in [-0.05, 0) is 57.3 Å². The van der Waals surface area contributed by atoms with Crippen LogP contribution in [0.2, 0.25) is 0 Å². The number of nitrogens with zero attached hydrogens (tertiary/aromatic N) is 4. The molecule has 0 aromatic carbocycles. The van der Waals surface area contributed by atoms with E-state index in [1.54, 1.807) is 6.20 Å². The van der Waals surface area contributed by atoms with Crippen molar-refractivity contribution >= 4 is 5.91 Å². The minimum atomic E-state index is 0.0613. The number of carbonyl (C=O) groups is 1. The van der Waals surface area contributed by atoms with Crippen LogP contribution in [-0.4, -0.2) is 64.7 Å². The van der Waals surface area contributed by atoms with Crippen LogP contribution in [-0.2, 0) is 17.8 Å². The van der Waals surface area contributed by atoms with E-state index in [1.807, 2.05) is 30.2 Å². The van der Waals surface area contributed by atoms with E-state index in [0.29, 0.717) is 23.8 Å². The van der Waals surface area contributed by atoms with Crippen molar-refractivity contribution < 1.29 is 14.1 Å². The molecule has 1 spiro atoms. The van der Waals surface area contributed by atoms with Crippen LogP contribution in [0.5, 0.6) is 0 Å². The number of carbonyl (C=O) groups excluding carboxylic acids is 1. The Morgan fingerprint density at radius 3 is 2.97 bits per heavy atom. The standard InChI is InChI=1S/C23H32N4O3/c1-4-6-20-21(17(2)25-30-20)22(28)27-15-23(16-27)11-18(8-10-26(23)3)13-29-14-19-7-5-9-24-12-19/h5,7,9,12,18H,4,6,8,10-11,13-16H2,1-3H3. The molecule has 0 bridgehead atoms. The topological polar surface area (TPSA) is 71.7 Å². The number of piperidine rings is 1. The quantitative estimate of drug-likeness (QED) is 0.696. The second-order valence-electron chi connectivity index (χ2n) is 8.86. The Morgan fingerprint density at radius 2 is 2.23 bits per heavy atom. The molecule has 1 amide bonds. The van der Waals surface area contributed by atoms with Crippen LogP contribution >= 0.6 is 0 Å². The molecule has 2 aromatic heterocycles. The highest BCUT2D eigenvalue weighted by Crippen LogP contribution is 2.39. The zero-order chi connectivity index (χ0) is 21.1. The monoisotopic (exact) mass is 412 g/mol. The van der Waals surface area contributed by atoms with Gasteiger partial charge in [0.25, 0.3) is 5.91 Å². The number of likely N-dealkylation sites (N-methyl/N-ethyl adjacent to an activating group) is 1. The molecule has 2 aromatic rings. The lowest BCUT2D eigenvalue weighted by Crippen LogP contribution is -2.72. The minimum absolute atomic E-state index is 0.0613. The van der Waals surface area contributed by atoms with Crippen LogP contribution in [0.1, 0.15) is 53.6 Å². The van der Waals surface area contributed by atoms with Gasteiger partial charge in [0.2, 0.25) is 0 Å². The van der Waals surface area contributed by atoms with Crippen LogP contribution in [0, 0.1) is 12.8 Å². The summed E-state index contributed by atoms with van der Waals surface area (Å²) in [6.45, 7) is 7.85. The van der Waals surface area contributed by atoms with Crippen molar-refractivity contribution in [3.05, 3.63) is 47.1 Å². The fourth-order valence-electron chi connectivity index (χ4n) is 4.80. The molecule has 7 heteroatoms. The summed E-state index contributed by atoms with van der Waals surface area (Å²) >= 11 is 0. The number of rotatable bonds is 7. The van der Waals surface area contributed by atoms with Crippen molar-refractivity contribution in [3.63, 3.8) is 0 Å². The van der Waals surface area contributed by atoms with E-state index < -0.39 is 0 Å². The molecule has 2 aliphatic heterocycles. The van der Waals surface area contributed by atoms with Crippen molar-refractivity contribution in [2.45, 2.75) is 51.7 Å². The molecule has 2 fully saturated rings. The maximum Gasteiger partial charge on any atom is 0.259 e. The smallest absolute Gasteiger partial charge is 0.259 e. The molecule has 0 N–H and O–H groups in total. The first-order valence-corrected chi connectivity index (χ1v) is 10.9. The third-order valence-electron chi connectivity index (χ3n) is 6.58. The van der Waals surface area contributed by atoms with Gasteiger partial charge in [0.05, 0.1) is 17.8 Å². The molecule has 2 saturated heterocycles. The van der Waals surface area contributed by atoms with E-state index in [2.05, 4.69) is 29.0 Å². The first kappa shape index (κ1) is 21.0. The molecule has 2 aliphatic rings. The van der Waals surface area contributed by atoms with Crippen LogP contribution in [0.4, 0.5) is 0 Å². The maximum atomic E-state index is 13.1. The number of amides is 1. The Morgan fingerprint density at radius 1 is 1.40 bits per heavy atom. The second kappa shape index (κ2) is 8.86. The van der Waals surface area contributed by atoms with Crippen LogP contribution in [0.3, 0.4) is 0 Å². The molecule has 0 radical (unpaired) electrons. The van der Waals surface area contributed by atoms with Crippen molar-refractivity contribution in [1.82, 2.24) is 19.9 Å². The highest BCUT2D eigenvalue weighted by Gasteiger charge is 2.51. The molecule has 4 heterocycles. The SMILES string of the molecule is CCCc1onc(C)c1C(=O)N1CC2(CC(COCc3cccnc3)CCN2C)C1. The van der Waals surface area contributed by atoms with Crippen LogP contribution < -0.4 is 0 Å². The molecule has 4 rings (SSSR count). The van der Waals surface area contributed by atoms with Gasteiger partial charge >= 0.3 is 0 Å². The molecule has 0 aliphatic carbocycles. The first-order chi connectivity index (χ1) is 14.5. The molecule has 30 heavy (non-hydrogen) atoms. The lowest BCUT2D eigenvalue weighted by Gasteiger charge is -2.58. The predicted octanol–water partition coefficient (Wildman–Crippen LogP) is 3.08. The van der Waals surface area contributed by atoms with Gasteiger partial charge in [-0.25, -0.2) is 0 Å². The molecular weight excluding hydrogens is 380 g/mol. The summed E-state index contributed by atoms with van der Waals surface area (Å²) in [5, 5.41) is 4.03. The number of pyridine rings is 1. The molecule has 1 atom stereocenters. The summed E-state index contributed by atoms with van der Waals surface area (Å²) < 4.78 is 11.4. The van der Waals surface area contributed by atoms with E-state index >= 15 is 0 Å². The van der Waals surface area contributed by atoms with Crippen LogP contribution in [0.15, 0.2) is 29.0 Å². The highest BCUT2D eigenvalue weighted by molar-refractivity contribution is 5.97. The third kappa shape index (κ3) is 4.14. The normalized spacial score (nSPS) is 21.0. The second-order valence-corrected chi connectivity index (χ2v) is 8.86. The van der Waals surface area contributed by atoms with E-state index in [-0.39, 0.29) is 11.4 Å². The predicted molar refractivity (Wildman–Crippen MR) is 113 cm³/mol. The fourth-order valence-corrected chi connectivity index (χ4v) is 4.80. The molecular formula is C23H32N4O3. The fraction of sp³-hybridized carbons (Fsp3) is 0.609. The van der Waals surface area contributed by atoms with Crippen molar-refractivity contribution in [1.29, 1.82) is 0 Å². The Bertz CT molecular complexity index is 861.